The van der Waals surface area contributed by atoms with Crippen LogP contribution >= 0.6 is 12.4 Å². The van der Waals surface area contributed by atoms with Gasteiger partial charge in [0.25, 0.3) is 0 Å². The minimum atomic E-state index is -3.72. The molecular formula is C12H22ClN5O3S. The second-order valence-electron chi connectivity index (χ2n) is 5.41. The predicted molar refractivity (Wildman–Crippen MR) is 84.0 cm³/mol. The molecule has 0 saturated heterocycles. The molecule has 0 radical (unpaired) electrons. The Morgan fingerprint density at radius 3 is 2.59 bits per heavy atom. The number of aromatic nitrogens is 2. The lowest BCUT2D eigenvalue weighted by atomic mass is 9.98. The lowest BCUT2D eigenvalue weighted by molar-refractivity contribution is -0.121. The second-order valence-corrected chi connectivity index (χ2v) is 7.18. The summed E-state index contributed by atoms with van der Waals surface area (Å²) in [7, 11) is -2.10. The van der Waals surface area contributed by atoms with Crippen molar-refractivity contribution < 1.29 is 13.2 Å². The Balaban J connectivity index is 0.00000242. The van der Waals surface area contributed by atoms with Crippen LogP contribution in [0.3, 0.4) is 0 Å². The molecule has 2 rings (SSSR count). The minimum Gasteiger partial charge on any atom is -0.348 e. The fourth-order valence-corrected chi connectivity index (χ4v) is 3.52. The van der Waals surface area contributed by atoms with Gasteiger partial charge in [-0.15, -0.1) is 12.4 Å². The maximum absolute atomic E-state index is 12.0. The van der Waals surface area contributed by atoms with Crippen LogP contribution in [0.5, 0.6) is 0 Å². The number of carbonyl (C=O) groups excluding carboxylic acids is 1. The first-order chi connectivity index (χ1) is 9.87. The quantitative estimate of drug-likeness (QED) is 0.638. The van der Waals surface area contributed by atoms with Crippen LogP contribution in [0.4, 0.5) is 0 Å². The third-order valence-electron chi connectivity index (χ3n) is 3.77. The van der Waals surface area contributed by atoms with Crippen LogP contribution in [0, 0.1) is 0 Å². The summed E-state index contributed by atoms with van der Waals surface area (Å²) >= 11 is 0. The van der Waals surface area contributed by atoms with Gasteiger partial charge < -0.3 is 11.1 Å². The molecule has 1 aliphatic carbocycles. The number of aryl methyl sites for hydroxylation is 1. The highest BCUT2D eigenvalue weighted by molar-refractivity contribution is 7.89. The highest BCUT2D eigenvalue weighted by Gasteiger charge is 2.33. The molecule has 22 heavy (non-hydrogen) atoms. The summed E-state index contributed by atoms with van der Waals surface area (Å²) in [4.78, 5) is 12.0. The third-order valence-corrected chi connectivity index (χ3v) is 5.13. The van der Waals surface area contributed by atoms with E-state index in [0.717, 1.165) is 25.7 Å². The first kappa shape index (κ1) is 18.9. The van der Waals surface area contributed by atoms with Crippen LogP contribution in [0.25, 0.3) is 0 Å². The van der Waals surface area contributed by atoms with Gasteiger partial charge in [0.1, 0.15) is 4.90 Å². The van der Waals surface area contributed by atoms with E-state index in [1.165, 1.54) is 17.1 Å². The van der Waals surface area contributed by atoms with Gasteiger partial charge in [-0.2, -0.15) is 5.10 Å². The monoisotopic (exact) mass is 351 g/mol. The number of sulfonamides is 1. The van der Waals surface area contributed by atoms with Gasteiger partial charge in [-0.05, 0) is 12.8 Å². The molecule has 0 atom stereocenters. The number of carbonyl (C=O) groups is 1. The molecule has 0 spiro atoms. The van der Waals surface area contributed by atoms with Crippen molar-refractivity contribution in [2.45, 2.75) is 36.1 Å². The minimum absolute atomic E-state index is 0. The van der Waals surface area contributed by atoms with Gasteiger partial charge >= 0.3 is 0 Å². The normalized spacial score (nSPS) is 17.0. The van der Waals surface area contributed by atoms with E-state index in [1.54, 1.807) is 7.05 Å². The molecule has 1 aromatic rings. The average molecular weight is 352 g/mol. The third kappa shape index (κ3) is 4.42. The predicted octanol–water partition coefficient (Wildman–Crippen LogP) is -0.492. The van der Waals surface area contributed by atoms with Crippen LogP contribution < -0.4 is 15.8 Å². The number of nitrogens with zero attached hydrogens (tertiary/aromatic N) is 2. The topological polar surface area (TPSA) is 119 Å². The van der Waals surface area contributed by atoms with E-state index in [1.807, 2.05) is 0 Å². The Kier molecular flexibility index (Phi) is 6.36. The lowest BCUT2D eigenvalue weighted by Gasteiger charge is -2.28. The molecule has 0 aromatic carbocycles. The van der Waals surface area contributed by atoms with E-state index < -0.39 is 10.0 Å². The van der Waals surface area contributed by atoms with E-state index in [0.29, 0.717) is 6.54 Å². The largest absolute Gasteiger partial charge is 0.348 e. The Hall–Kier alpha value is -1.16. The molecule has 1 aromatic heterocycles. The number of amides is 1. The van der Waals surface area contributed by atoms with Crippen LogP contribution in [-0.4, -0.2) is 42.7 Å². The Morgan fingerprint density at radius 2 is 2.09 bits per heavy atom. The van der Waals surface area contributed by atoms with E-state index in [4.69, 9.17) is 5.73 Å². The van der Waals surface area contributed by atoms with E-state index in [-0.39, 0.29) is 35.3 Å². The molecule has 10 heteroatoms. The summed E-state index contributed by atoms with van der Waals surface area (Å²) in [6, 6.07) is 0. The summed E-state index contributed by atoms with van der Waals surface area (Å²) in [6.45, 7) is 0.0626. The van der Waals surface area contributed by atoms with Crippen LogP contribution in [0.2, 0.25) is 0 Å². The van der Waals surface area contributed by atoms with Crippen LogP contribution in [-0.2, 0) is 21.9 Å². The number of halogens is 1. The molecule has 0 aliphatic heterocycles. The van der Waals surface area contributed by atoms with Crippen molar-refractivity contribution in [1.82, 2.24) is 19.8 Å². The van der Waals surface area contributed by atoms with E-state index in [9.17, 15) is 13.2 Å². The zero-order valence-electron chi connectivity index (χ0n) is 12.4. The van der Waals surface area contributed by atoms with Crippen molar-refractivity contribution in [2.75, 3.05) is 13.1 Å². The molecule has 0 unspecified atom stereocenters. The molecule has 8 nitrogen and oxygen atoms in total. The summed E-state index contributed by atoms with van der Waals surface area (Å²) in [5.74, 6) is -0.366. The molecule has 1 fully saturated rings. The van der Waals surface area contributed by atoms with Crippen molar-refractivity contribution in [3.63, 3.8) is 0 Å². The zero-order valence-corrected chi connectivity index (χ0v) is 14.0. The number of nitrogens with two attached hydrogens (primary N) is 1. The first-order valence-corrected chi connectivity index (χ1v) is 8.35. The molecular weight excluding hydrogens is 330 g/mol. The van der Waals surface area contributed by atoms with E-state index in [2.05, 4.69) is 15.1 Å². The van der Waals surface area contributed by atoms with Crippen molar-refractivity contribution in [3.05, 3.63) is 12.4 Å². The van der Waals surface area contributed by atoms with Crippen molar-refractivity contribution >= 4 is 28.3 Å². The van der Waals surface area contributed by atoms with Crippen molar-refractivity contribution in [1.29, 1.82) is 0 Å². The molecule has 4 N–H and O–H groups in total. The molecule has 1 heterocycles. The maximum Gasteiger partial charge on any atom is 0.244 e. The summed E-state index contributed by atoms with van der Waals surface area (Å²) in [6.07, 6.45) is 6.34. The standard InChI is InChI=1S/C12H21N5O3S.ClH/c1-17-8-10(6-14-17)21(19,20)15-7-11(18)16-12(9-13)4-2-3-5-12;/h6,8,15H,2-5,7,9,13H2,1H3,(H,16,18);1H. The van der Waals surface area contributed by atoms with Gasteiger partial charge in [-0.1, -0.05) is 12.8 Å². The molecule has 1 saturated carbocycles. The molecule has 1 aliphatic rings. The second kappa shape index (κ2) is 7.40. The SMILES string of the molecule is Cl.Cn1cc(S(=O)(=O)NCC(=O)NC2(CN)CCCC2)cn1. The fourth-order valence-electron chi connectivity index (χ4n) is 2.55. The van der Waals surface area contributed by atoms with E-state index >= 15 is 0 Å². The number of hydrogen-bond donors (Lipinski definition) is 3. The molecule has 1 amide bonds. The van der Waals surface area contributed by atoms with Gasteiger partial charge in [-0.3, -0.25) is 9.48 Å². The van der Waals surface area contributed by atoms with Gasteiger partial charge in [-0.25, -0.2) is 13.1 Å². The summed E-state index contributed by atoms with van der Waals surface area (Å²) in [5, 5.41) is 6.66. The van der Waals surface area contributed by atoms with Crippen molar-refractivity contribution in [3.8, 4) is 0 Å². The maximum atomic E-state index is 12.0. The molecule has 0 bridgehead atoms. The lowest BCUT2D eigenvalue weighted by Crippen LogP contribution is -2.54. The van der Waals surface area contributed by atoms with Crippen LogP contribution in [0.15, 0.2) is 17.3 Å². The smallest absolute Gasteiger partial charge is 0.244 e. The van der Waals surface area contributed by atoms with Gasteiger partial charge in [0.2, 0.25) is 15.9 Å². The highest BCUT2D eigenvalue weighted by Crippen LogP contribution is 2.28. The Morgan fingerprint density at radius 1 is 1.45 bits per heavy atom. The van der Waals surface area contributed by atoms with Gasteiger partial charge in [0.05, 0.1) is 18.3 Å². The van der Waals surface area contributed by atoms with Gasteiger partial charge in [0, 0.05) is 19.8 Å². The average Bonchev–Trinajstić information content (AvgIpc) is 3.07. The Bertz CT molecular complexity index is 610. The number of hydrogen-bond acceptors (Lipinski definition) is 5. The number of rotatable bonds is 6. The van der Waals surface area contributed by atoms with Gasteiger partial charge in [0.15, 0.2) is 0 Å². The van der Waals surface area contributed by atoms with Crippen LogP contribution in [0.1, 0.15) is 25.7 Å². The Labute approximate surface area is 136 Å². The fraction of sp³-hybridized carbons (Fsp3) is 0.667. The highest BCUT2D eigenvalue weighted by atomic mass is 35.5. The summed E-state index contributed by atoms with van der Waals surface area (Å²) < 4.78 is 27.6. The molecule has 126 valence electrons. The first-order valence-electron chi connectivity index (χ1n) is 6.86. The number of nitrogens with one attached hydrogen (secondary N) is 2. The summed E-state index contributed by atoms with van der Waals surface area (Å²) in [5.41, 5.74) is 5.35. The zero-order chi connectivity index (χ0) is 15.5. The van der Waals surface area contributed by atoms with Crippen molar-refractivity contribution in [2.24, 2.45) is 12.8 Å².